The van der Waals surface area contributed by atoms with Crippen molar-refractivity contribution in [2.45, 2.75) is 65.0 Å². The van der Waals surface area contributed by atoms with Crippen LogP contribution < -0.4 is 10.2 Å². The highest BCUT2D eigenvalue weighted by atomic mass is 15.2. The van der Waals surface area contributed by atoms with Crippen molar-refractivity contribution < 1.29 is 0 Å². The lowest BCUT2D eigenvalue weighted by molar-refractivity contribution is 0.671. The molecule has 1 saturated heterocycles. The molecule has 2 heterocycles. The van der Waals surface area contributed by atoms with E-state index in [-0.39, 0.29) is 0 Å². The van der Waals surface area contributed by atoms with E-state index in [2.05, 4.69) is 24.1 Å². The van der Waals surface area contributed by atoms with Gasteiger partial charge >= 0.3 is 0 Å². The van der Waals surface area contributed by atoms with Crippen LogP contribution in [0.3, 0.4) is 0 Å². The van der Waals surface area contributed by atoms with Crippen molar-refractivity contribution in [2.75, 3.05) is 18.0 Å². The lowest BCUT2D eigenvalue weighted by atomic mass is 10.1. The molecule has 3 rings (SSSR count). The van der Waals surface area contributed by atoms with E-state index in [9.17, 15) is 0 Å². The van der Waals surface area contributed by atoms with Crippen molar-refractivity contribution in [1.82, 2.24) is 15.3 Å². The lowest BCUT2D eigenvalue weighted by Crippen LogP contribution is -2.27. The Morgan fingerprint density at radius 2 is 1.60 bits per heavy atom. The zero-order valence-electron chi connectivity index (χ0n) is 12.8. The van der Waals surface area contributed by atoms with E-state index in [4.69, 9.17) is 9.97 Å². The van der Waals surface area contributed by atoms with Crippen molar-refractivity contribution in [3.05, 3.63) is 17.0 Å². The van der Waals surface area contributed by atoms with Crippen LogP contribution in [-0.4, -0.2) is 29.1 Å². The highest BCUT2D eigenvalue weighted by Crippen LogP contribution is 2.22. The number of rotatable bonds is 4. The molecule has 4 heteroatoms. The smallest absolute Gasteiger partial charge is 0.225 e. The first-order valence-corrected chi connectivity index (χ1v) is 8.06. The zero-order valence-corrected chi connectivity index (χ0v) is 12.8. The minimum atomic E-state index is 0.735. The summed E-state index contributed by atoms with van der Waals surface area (Å²) in [6.07, 6.45) is 7.88. The van der Waals surface area contributed by atoms with Crippen molar-refractivity contribution >= 4 is 5.95 Å². The molecule has 0 aromatic carbocycles. The van der Waals surface area contributed by atoms with Gasteiger partial charge in [-0.05, 0) is 39.5 Å². The van der Waals surface area contributed by atoms with Crippen LogP contribution in [0, 0.1) is 13.8 Å². The molecule has 4 nitrogen and oxygen atoms in total. The van der Waals surface area contributed by atoms with E-state index in [0.717, 1.165) is 43.0 Å². The van der Waals surface area contributed by atoms with Gasteiger partial charge in [-0.25, -0.2) is 9.97 Å². The molecule has 0 amide bonds. The third kappa shape index (κ3) is 3.29. The van der Waals surface area contributed by atoms with E-state index in [1.54, 1.807) is 0 Å². The molecule has 2 fully saturated rings. The minimum Gasteiger partial charge on any atom is -0.341 e. The Balaban J connectivity index is 1.74. The van der Waals surface area contributed by atoms with Crippen LogP contribution in [0.2, 0.25) is 0 Å². The van der Waals surface area contributed by atoms with Crippen molar-refractivity contribution in [1.29, 1.82) is 0 Å². The maximum Gasteiger partial charge on any atom is 0.225 e. The molecular formula is C16H26N4. The fraction of sp³-hybridized carbons (Fsp3) is 0.750. The molecule has 0 spiro atoms. The van der Waals surface area contributed by atoms with E-state index < -0.39 is 0 Å². The van der Waals surface area contributed by atoms with Gasteiger partial charge in [-0.1, -0.05) is 12.8 Å². The minimum absolute atomic E-state index is 0.735. The van der Waals surface area contributed by atoms with Crippen molar-refractivity contribution in [2.24, 2.45) is 0 Å². The topological polar surface area (TPSA) is 41.1 Å². The van der Waals surface area contributed by atoms with Gasteiger partial charge in [0.15, 0.2) is 0 Å². The summed E-state index contributed by atoms with van der Waals surface area (Å²) in [5.74, 6) is 0.942. The van der Waals surface area contributed by atoms with E-state index in [1.807, 2.05) is 0 Å². The summed E-state index contributed by atoms with van der Waals surface area (Å²) in [6.45, 7) is 7.39. The number of anilines is 1. The molecule has 1 saturated carbocycles. The predicted octanol–water partition coefficient (Wildman–Crippen LogP) is 2.73. The second kappa shape index (κ2) is 6.08. The quantitative estimate of drug-likeness (QED) is 0.916. The van der Waals surface area contributed by atoms with E-state index in [1.165, 1.54) is 44.1 Å². The molecule has 110 valence electrons. The number of hydrogen-bond acceptors (Lipinski definition) is 4. The van der Waals surface area contributed by atoms with E-state index in [0.29, 0.717) is 0 Å². The average Bonchev–Trinajstić information content (AvgIpc) is 3.24. The second-order valence-corrected chi connectivity index (χ2v) is 6.23. The van der Waals surface area contributed by atoms with Gasteiger partial charge in [0.05, 0.1) is 0 Å². The highest BCUT2D eigenvalue weighted by Gasteiger charge is 2.21. The van der Waals surface area contributed by atoms with E-state index >= 15 is 0 Å². The summed E-state index contributed by atoms with van der Waals surface area (Å²) in [5, 5.41) is 3.57. The number of hydrogen-bond donors (Lipinski definition) is 1. The Kier molecular flexibility index (Phi) is 4.20. The van der Waals surface area contributed by atoms with Crippen LogP contribution in [0.15, 0.2) is 0 Å². The third-order valence-corrected chi connectivity index (χ3v) is 4.44. The van der Waals surface area contributed by atoms with Crippen LogP contribution in [0.1, 0.15) is 55.5 Å². The molecule has 2 aliphatic rings. The number of nitrogens with one attached hydrogen (secondary N) is 1. The molecule has 1 N–H and O–H groups in total. The lowest BCUT2D eigenvalue weighted by Gasteiger charge is -2.22. The molecule has 0 atom stereocenters. The summed E-state index contributed by atoms with van der Waals surface area (Å²) in [4.78, 5) is 11.9. The first-order chi connectivity index (χ1) is 9.74. The molecule has 0 unspecified atom stereocenters. The molecule has 1 aliphatic carbocycles. The summed E-state index contributed by atoms with van der Waals surface area (Å²) in [6, 6.07) is 0.735. The summed E-state index contributed by atoms with van der Waals surface area (Å²) < 4.78 is 0. The Morgan fingerprint density at radius 3 is 2.15 bits per heavy atom. The third-order valence-electron chi connectivity index (χ3n) is 4.44. The zero-order chi connectivity index (χ0) is 13.9. The molecule has 1 aromatic rings. The number of nitrogens with zero attached hydrogens (tertiary/aromatic N) is 3. The second-order valence-electron chi connectivity index (χ2n) is 6.23. The summed E-state index contributed by atoms with van der Waals surface area (Å²) in [7, 11) is 0. The first kappa shape index (κ1) is 13.8. The first-order valence-electron chi connectivity index (χ1n) is 8.06. The van der Waals surface area contributed by atoms with Crippen LogP contribution in [0.25, 0.3) is 0 Å². The van der Waals surface area contributed by atoms with Gasteiger partial charge in [0.2, 0.25) is 5.95 Å². The fourth-order valence-corrected chi connectivity index (χ4v) is 2.92. The maximum absolute atomic E-state index is 4.77. The summed E-state index contributed by atoms with van der Waals surface area (Å²) in [5.41, 5.74) is 3.57. The average molecular weight is 274 g/mol. The summed E-state index contributed by atoms with van der Waals surface area (Å²) >= 11 is 0. The molecule has 0 radical (unpaired) electrons. The van der Waals surface area contributed by atoms with Crippen LogP contribution >= 0.6 is 0 Å². The Bertz CT molecular complexity index is 437. The van der Waals surface area contributed by atoms with Gasteiger partial charge in [-0.3, -0.25) is 0 Å². The Hall–Kier alpha value is -1.16. The Labute approximate surface area is 122 Å². The molecular weight excluding hydrogens is 248 g/mol. The highest BCUT2D eigenvalue weighted by molar-refractivity contribution is 5.36. The Morgan fingerprint density at radius 1 is 1.00 bits per heavy atom. The molecule has 1 aliphatic heterocycles. The predicted molar refractivity (Wildman–Crippen MR) is 82.0 cm³/mol. The van der Waals surface area contributed by atoms with Crippen LogP contribution in [0.5, 0.6) is 0 Å². The van der Waals surface area contributed by atoms with Gasteiger partial charge in [-0.15, -0.1) is 0 Å². The van der Waals surface area contributed by atoms with Crippen LogP contribution in [-0.2, 0) is 6.54 Å². The van der Waals surface area contributed by atoms with Gasteiger partial charge in [0.25, 0.3) is 0 Å². The number of aryl methyl sites for hydroxylation is 2. The molecule has 20 heavy (non-hydrogen) atoms. The van der Waals surface area contributed by atoms with Gasteiger partial charge < -0.3 is 10.2 Å². The fourth-order valence-electron chi connectivity index (χ4n) is 2.92. The molecule has 0 bridgehead atoms. The van der Waals surface area contributed by atoms with Crippen molar-refractivity contribution in [3.63, 3.8) is 0 Å². The normalized spacial score (nSPS) is 20.0. The maximum atomic E-state index is 4.77. The number of aromatic nitrogens is 2. The van der Waals surface area contributed by atoms with Crippen molar-refractivity contribution in [3.8, 4) is 0 Å². The van der Waals surface area contributed by atoms with Gasteiger partial charge in [0.1, 0.15) is 0 Å². The standard InChI is InChI=1S/C16H26N4/c1-12-15(11-17-14-7-8-14)13(2)19-16(18-12)20-9-5-3-4-6-10-20/h14,17H,3-11H2,1-2H3. The van der Waals surface area contributed by atoms with Crippen LogP contribution in [0.4, 0.5) is 5.95 Å². The molecule has 1 aromatic heterocycles. The van der Waals surface area contributed by atoms with Gasteiger partial charge in [0, 0.05) is 42.6 Å². The SMILES string of the molecule is Cc1nc(N2CCCCCC2)nc(C)c1CNC1CC1. The largest absolute Gasteiger partial charge is 0.341 e. The van der Waals surface area contributed by atoms with Gasteiger partial charge in [-0.2, -0.15) is 0 Å². The monoisotopic (exact) mass is 274 g/mol.